The summed E-state index contributed by atoms with van der Waals surface area (Å²) in [5, 5.41) is 18.7. The van der Waals surface area contributed by atoms with Crippen LogP contribution in [0.3, 0.4) is 0 Å². The van der Waals surface area contributed by atoms with Gasteiger partial charge in [-0.25, -0.2) is 0 Å². The third-order valence-corrected chi connectivity index (χ3v) is 3.18. The van der Waals surface area contributed by atoms with Crippen molar-refractivity contribution in [1.82, 2.24) is 0 Å². The third kappa shape index (κ3) is 6.53. The van der Waals surface area contributed by atoms with Crippen LogP contribution < -0.4 is 0 Å². The summed E-state index contributed by atoms with van der Waals surface area (Å²) in [7, 11) is 1.61. The lowest BCUT2D eigenvalue weighted by Crippen LogP contribution is -2.19. The predicted molar refractivity (Wildman–Crippen MR) is 67.5 cm³/mol. The molecule has 1 rings (SSSR count). The molecule has 0 aliphatic heterocycles. The van der Waals surface area contributed by atoms with Crippen LogP contribution in [0.15, 0.2) is 29.2 Å². The molecule has 0 aliphatic rings. The minimum absolute atomic E-state index is 0.248. The second kappa shape index (κ2) is 8.36. The Morgan fingerprint density at radius 3 is 2.59 bits per heavy atom. The van der Waals surface area contributed by atoms with Crippen molar-refractivity contribution in [1.29, 1.82) is 0 Å². The standard InChI is InChI=1S/C12H18O4S/c1-15-6-7-16-8-11(14)9-17-12-4-2-10(13)3-5-12/h2-5,11,13-14H,6-9H2,1H3. The van der Waals surface area contributed by atoms with Gasteiger partial charge in [0.15, 0.2) is 0 Å². The van der Waals surface area contributed by atoms with Gasteiger partial charge in [-0.3, -0.25) is 0 Å². The van der Waals surface area contributed by atoms with Crippen LogP contribution in [0.25, 0.3) is 0 Å². The second-order valence-electron chi connectivity index (χ2n) is 3.53. The lowest BCUT2D eigenvalue weighted by molar-refractivity contribution is 0.0218. The first-order valence-corrected chi connectivity index (χ1v) is 6.37. The fraction of sp³-hybridized carbons (Fsp3) is 0.500. The summed E-state index contributed by atoms with van der Waals surface area (Å²) >= 11 is 1.53. The Morgan fingerprint density at radius 2 is 1.94 bits per heavy atom. The van der Waals surface area contributed by atoms with Crippen molar-refractivity contribution in [2.75, 3.05) is 32.7 Å². The van der Waals surface area contributed by atoms with Crippen molar-refractivity contribution in [3.8, 4) is 5.75 Å². The van der Waals surface area contributed by atoms with E-state index in [2.05, 4.69) is 0 Å². The average molecular weight is 258 g/mol. The van der Waals surface area contributed by atoms with Gasteiger partial charge in [0.1, 0.15) is 5.75 Å². The first-order valence-electron chi connectivity index (χ1n) is 5.39. The maximum atomic E-state index is 9.63. The summed E-state index contributed by atoms with van der Waals surface area (Å²) in [6, 6.07) is 6.89. The highest BCUT2D eigenvalue weighted by Gasteiger charge is 2.05. The van der Waals surface area contributed by atoms with Crippen LogP contribution in [-0.2, 0) is 9.47 Å². The van der Waals surface area contributed by atoms with Crippen LogP contribution >= 0.6 is 11.8 Å². The molecule has 0 radical (unpaired) electrons. The van der Waals surface area contributed by atoms with E-state index in [1.807, 2.05) is 12.1 Å². The van der Waals surface area contributed by atoms with E-state index in [1.165, 1.54) is 11.8 Å². The molecule has 96 valence electrons. The molecule has 1 atom stereocenters. The van der Waals surface area contributed by atoms with Gasteiger partial charge in [0.25, 0.3) is 0 Å². The maximum Gasteiger partial charge on any atom is 0.115 e. The highest BCUT2D eigenvalue weighted by atomic mass is 32.2. The van der Waals surface area contributed by atoms with Crippen LogP contribution in [0.4, 0.5) is 0 Å². The number of rotatable bonds is 8. The molecule has 1 aromatic rings. The number of methoxy groups -OCH3 is 1. The average Bonchev–Trinajstić information content (AvgIpc) is 2.34. The molecule has 0 saturated heterocycles. The maximum absolute atomic E-state index is 9.63. The first kappa shape index (κ1) is 14.3. The van der Waals surface area contributed by atoms with E-state index < -0.39 is 6.10 Å². The van der Waals surface area contributed by atoms with Gasteiger partial charge in [-0.1, -0.05) is 0 Å². The van der Waals surface area contributed by atoms with Gasteiger partial charge in [0.05, 0.1) is 25.9 Å². The number of phenolic OH excluding ortho intramolecular Hbond substituents is 1. The zero-order valence-electron chi connectivity index (χ0n) is 9.83. The Hall–Kier alpha value is -0.750. The molecule has 1 aromatic carbocycles. The molecule has 0 amide bonds. The zero-order chi connectivity index (χ0) is 12.5. The van der Waals surface area contributed by atoms with Crippen LogP contribution in [-0.4, -0.2) is 49.0 Å². The number of benzene rings is 1. The SMILES string of the molecule is COCCOCC(O)CSc1ccc(O)cc1. The molecule has 0 spiro atoms. The van der Waals surface area contributed by atoms with E-state index in [1.54, 1.807) is 19.2 Å². The third-order valence-electron chi connectivity index (χ3n) is 2.02. The number of ether oxygens (including phenoxy) is 2. The molecule has 4 nitrogen and oxygen atoms in total. The quantitative estimate of drug-likeness (QED) is 0.547. The van der Waals surface area contributed by atoms with E-state index >= 15 is 0 Å². The summed E-state index contributed by atoms with van der Waals surface area (Å²) < 4.78 is 10.0. The topological polar surface area (TPSA) is 58.9 Å². The van der Waals surface area contributed by atoms with Crippen molar-refractivity contribution >= 4 is 11.8 Å². The van der Waals surface area contributed by atoms with Gasteiger partial charge in [-0.2, -0.15) is 0 Å². The lowest BCUT2D eigenvalue weighted by Gasteiger charge is -2.10. The summed E-state index contributed by atoms with van der Waals surface area (Å²) in [5.41, 5.74) is 0. The minimum Gasteiger partial charge on any atom is -0.508 e. The van der Waals surface area contributed by atoms with Crippen LogP contribution in [0.5, 0.6) is 5.75 Å². The fourth-order valence-corrected chi connectivity index (χ4v) is 1.95. The van der Waals surface area contributed by atoms with Crippen molar-refractivity contribution in [2.24, 2.45) is 0 Å². The minimum atomic E-state index is -0.495. The predicted octanol–water partition coefficient (Wildman–Crippen LogP) is 1.51. The van der Waals surface area contributed by atoms with Gasteiger partial charge >= 0.3 is 0 Å². The van der Waals surface area contributed by atoms with Crippen LogP contribution in [0, 0.1) is 0 Å². The summed E-state index contributed by atoms with van der Waals surface area (Å²) in [5.74, 6) is 0.815. The van der Waals surface area contributed by atoms with Gasteiger partial charge in [0, 0.05) is 17.8 Å². The largest absolute Gasteiger partial charge is 0.508 e. The molecular formula is C12H18O4S. The molecule has 5 heteroatoms. The Bertz CT molecular complexity index is 302. The van der Waals surface area contributed by atoms with Gasteiger partial charge in [0.2, 0.25) is 0 Å². The van der Waals surface area contributed by atoms with E-state index in [0.29, 0.717) is 25.6 Å². The van der Waals surface area contributed by atoms with Crippen LogP contribution in [0.1, 0.15) is 0 Å². The number of hydrogen-bond acceptors (Lipinski definition) is 5. The smallest absolute Gasteiger partial charge is 0.115 e. The zero-order valence-corrected chi connectivity index (χ0v) is 10.7. The number of aromatic hydroxyl groups is 1. The number of thioether (sulfide) groups is 1. The van der Waals surface area contributed by atoms with Crippen LogP contribution in [0.2, 0.25) is 0 Å². The lowest BCUT2D eigenvalue weighted by atomic mass is 10.3. The highest BCUT2D eigenvalue weighted by Crippen LogP contribution is 2.21. The van der Waals surface area contributed by atoms with Crippen molar-refractivity contribution < 1.29 is 19.7 Å². The van der Waals surface area contributed by atoms with Crippen molar-refractivity contribution in [3.05, 3.63) is 24.3 Å². The molecule has 0 heterocycles. The first-order chi connectivity index (χ1) is 8.22. The normalized spacial score (nSPS) is 12.6. The molecule has 2 N–H and O–H groups in total. The molecule has 17 heavy (non-hydrogen) atoms. The molecular weight excluding hydrogens is 240 g/mol. The summed E-state index contributed by atoms with van der Waals surface area (Å²) in [6.45, 7) is 1.35. The van der Waals surface area contributed by atoms with Crippen molar-refractivity contribution in [2.45, 2.75) is 11.0 Å². The van der Waals surface area contributed by atoms with E-state index in [4.69, 9.17) is 14.6 Å². The summed E-state index contributed by atoms with van der Waals surface area (Å²) in [6.07, 6.45) is -0.495. The molecule has 0 saturated carbocycles. The molecule has 0 aromatic heterocycles. The number of aliphatic hydroxyl groups excluding tert-OH is 1. The molecule has 0 aliphatic carbocycles. The number of hydrogen-bond donors (Lipinski definition) is 2. The highest BCUT2D eigenvalue weighted by molar-refractivity contribution is 7.99. The molecule has 0 bridgehead atoms. The van der Waals surface area contributed by atoms with Gasteiger partial charge < -0.3 is 19.7 Å². The Labute approximate surface area is 106 Å². The van der Waals surface area contributed by atoms with E-state index in [-0.39, 0.29) is 5.75 Å². The van der Waals surface area contributed by atoms with Gasteiger partial charge in [-0.15, -0.1) is 11.8 Å². The van der Waals surface area contributed by atoms with Gasteiger partial charge in [-0.05, 0) is 24.3 Å². The Morgan fingerprint density at radius 1 is 1.24 bits per heavy atom. The number of phenols is 1. The number of aliphatic hydroxyl groups is 1. The van der Waals surface area contributed by atoms with E-state index in [9.17, 15) is 5.11 Å². The van der Waals surface area contributed by atoms with Crippen molar-refractivity contribution in [3.63, 3.8) is 0 Å². The summed E-state index contributed by atoms with van der Waals surface area (Å²) in [4.78, 5) is 1.01. The Balaban J connectivity index is 2.14. The second-order valence-corrected chi connectivity index (χ2v) is 4.62. The Kier molecular flexibility index (Phi) is 7.04. The molecule has 1 unspecified atom stereocenters. The van der Waals surface area contributed by atoms with E-state index in [0.717, 1.165) is 4.90 Å². The molecule has 0 fully saturated rings. The fourth-order valence-electron chi connectivity index (χ4n) is 1.14. The monoisotopic (exact) mass is 258 g/mol.